The Labute approximate surface area is 143 Å². The van der Waals surface area contributed by atoms with E-state index in [0.29, 0.717) is 17.9 Å². The summed E-state index contributed by atoms with van der Waals surface area (Å²) in [6, 6.07) is 7.09. The molecule has 2 N–H and O–H groups in total. The van der Waals surface area contributed by atoms with Crippen molar-refractivity contribution in [3.63, 3.8) is 0 Å². The van der Waals surface area contributed by atoms with Gasteiger partial charge in [-0.25, -0.2) is 5.10 Å². The van der Waals surface area contributed by atoms with Crippen LogP contribution in [0.1, 0.15) is 23.2 Å². The minimum absolute atomic E-state index is 0.00463. The number of hydrogen-bond donors (Lipinski definition) is 2. The van der Waals surface area contributed by atoms with Crippen molar-refractivity contribution >= 4 is 12.0 Å². The molecule has 25 heavy (non-hydrogen) atoms. The fraction of sp³-hybridized carbons (Fsp3) is 0.278. The molecule has 0 saturated heterocycles. The number of nitrogens with zero attached hydrogens (tertiary/aromatic N) is 1. The molecule has 128 valence electrons. The zero-order valence-electron chi connectivity index (χ0n) is 13.5. The lowest BCUT2D eigenvalue weighted by Crippen LogP contribution is -2.38. The second kappa shape index (κ2) is 6.43. The lowest BCUT2D eigenvalue weighted by Gasteiger charge is -2.23. The van der Waals surface area contributed by atoms with Crippen LogP contribution in [0.2, 0.25) is 0 Å². The van der Waals surface area contributed by atoms with Crippen molar-refractivity contribution < 1.29 is 14.3 Å². The number of hydrogen-bond acceptors (Lipinski definition) is 5. The van der Waals surface area contributed by atoms with Crippen LogP contribution < -0.4 is 20.3 Å². The second-order valence-electron chi connectivity index (χ2n) is 6.10. The molecule has 0 unspecified atom stereocenters. The first-order chi connectivity index (χ1) is 12.2. The number of carbonyl (C=O) groups is 1. The zero-order chi connectivity index (χ0) is 17.2. The highest BCUT2D eigenvalue weighted by molar-refractivity contribution is 5.92. The Hall–Kier alpha value is -3.09. The Balaban J connectivity index is 1.38. The summed E-state index contributed by atoms with van der Waals surface area (Å²) in [4.78, 5) is 23.5. The van der Waals surface area contributed by atoms with E-state index >= 15 is 0 Å². The number of ether oxygens (including phenoxy) is 2. The molecule has 4 rings (SSSR count). The Morgan fingerprint density at radius 2 is 2.16 bits per heavy atom. The van der Waals surface area contributed by atoms with Gasteiger partial charge in [-0.05, 0) is 48.6 Å². The van der Waals surface area contributed by atoms with Crippen LogP contribution in [-0.4, -0.2) is 28.9 Å². The molecule has 2 aliphatic rings. The summed E-state index contributed by atoms with van der Waals surface area (Å²) in [6.07, 6.45) is 5.40. The van der Waals surface area contributed by atoms with E-state index in [9.17, 15) is 9.59 Å². The molecule has 1 aromatic carbocycles. The molecule has 0 saturated carbocycles. The van der Waals surface area contributed by atoms with E-state index in [1.165, 1.54) is 6.08 Å². The van der Waals surface area contributed by atoms with Crippen molar-refractivity contribution in [3.8, 4) is 11.5 Å². The quantitative estimate of drug-likeness (QED) is 0.819. The van der Waals surface area contributed by atoms with Gasteiger partial charge in [-0.3, -0.25) is 9.59 Å². The molecular formula is C18H17N3O4. The summed E-state index contributed by atoms with van der Waals surface area (Å²) in [6.45, 7) is 0.226. The summed E-state index contributed by atoms with van der Waals surface area (Å²) in [5.74, 6) is 1.24. The SMILES string of the molecule is O=C(/C=C/c1ccc2c(c1)OCO2)N[C@@H]1CCc2n[nH]c(=O)cc2C1. The van der Waals surface area contributed by atoms with E-state index in [1.54, 1.807) is 12.1 Å². The fourth-order valence-electron chi connectivity index (χ4n) is 3.10. The van der Waals surface area contributed by atoms with Crippen molar-refractivity contribution in [2.75, 3.05) is 6.79 Å². The van der Waals surface area contributed by atoms with Gasteiger partial charge >= 0.3 is 0 Å². The van der Waals surface area contributed by atoms with Gasteiger partial charge in [0.05, 0.1) is 5.69 Å². The van der Waals surface area contributed by atoms with Gasteiger partial charge in [0.2, 0.25) is 12.7 Å². The number of carbonyl (C=O) groups excluding carboxylic acids is 1. The van der Waals surface area contributed by atoms with Crippen LogP contribution in [0.15, 0.2) is 35.1 Å². The molecule has 1 atom stereocenters. The maximum absolute atomic E-state index is 12.2. The fourth-order valence-corrected chi connectivity index (χ4v) is 3.10. The van der Waals surface area contributed by atoms with Gasteiger partial charge in [0.1, 0.15) is 0 Å². The average molecular weight is 339 g/mol. The molecule has 0 radical (unpaired) electrons. The van der Waals surface area contributed by atoms with Crippen LogP contribution in [0, 0.1) is 0 Å². The van der Waals surface area contributed by atoms with E-state index < -0.39 is 0 Å². The van der Waals surface area contributed by atoms with Crippen LogP contribution in [0.5, 0.6) is 11.5 Å². The topological polar surface area (TPSA) is 93.3 Å². The van der Waals surface area contributed by atoms with Gasteiger partial charge in [-0.15, -0.1) is 0 Å². The lowest BCUT2D eigenvalue weighted by atomic mass is 9.92. The number of H-pyrrole nitrogens is 1. The Morgan fingerprint density at radius 1 is 1.28 bits per heavy atom. The number of nitrogens with one attached hydrogen (secondary N) is 2. The first kappa shape index (κ1) is 15.4. The molecule has 1 aliphatic carbocycles. The number of aromatic nitrogens is 2. The van der Waals surface area contributed by atoms with Gasteiger partial charge in [-0.1, -0.05) is 6.07 Å². The van der Waals surface area contributed by atoms with Crippen LogP contribution in [-0.2, 0) is 17.6 Å². The van der Waals surface area contributed by atoms with Crippen molar-refractivity contribution in [2.45, 2.75) is 25.3 Å². The highest BCUT2D eigenvalue weighted by Crippen LogP contribution is 2.32. The third-order valence-electron chi connectivity index (χ3n) is 4.34. The number of aryl methyl sites for hydroxylation is 1. The summed E-state index contributed by atoms with van der Waals surface area (Å²) < 4.78 is 10.6. The standard InChI is InChI=1S/C18H17N3O4/c22-17(6-2-11-1-5-15-16(7-11)25-10-24-15)19-13-3-4-14-12(8-13)9-18(23)21-20-14/h1-2,5-7,9,13H,3-4,8,10H2,(H,19,22)(H,21,23)/b6-2+/t13-/m1/s1. The van der Waals surface area contributed by atoms with E-state index in [0.717, 1.165) is 29.7 Å². The predicted octanol–water partition coefficient (Wildman–Crippen LogP) is 1.19. The van der Waals surface area contributed by atoms with Gasteiger partial charge < -0.3 is 14.8 Å². The molecule has 2 aromatic rings. The molecule has 1 aromatic heterocycles. The third kappa shape index (κ3) is 3.40. The zero-order valence-corrected chi connectivity index (χ0v) is 13.5. The van der Waals surface area contributed by atoms with E-state index in [1.807, 2.05) is 18.2 Å². The highest BCUT2D eigenvalue weighted by Gasteiger charge is 2.21. The van der Waals surface area contributed by atoms with Crippen molar-refractivity contribution in [3.05, 3.63) is 57.5 Å². The number of fused-ring (bicyclic) bond motifs is 2. The summed E-state index contributed by atoms with van der Waals surface area (Å²) >= 11 is 0. The third-order valence-corrected chi connectivity index (χ3v) is 4.34. The second-order valence-corrected chi connectivity index (χ2v) is 6.10. The Morgan fingerprint density at radius 3 is 3.08 bits per heavy atom. The van der Waals surface area contributed by atoms with Crippen LogP contribution in [0.3, 0.4) is 0 Å². The molecule has 1 amide bonds. The van der Waals surface area contributed by atoms with Gasteiger partial charge in [-0.2, -0.15) is 5.10 Å². The maximum Gasteiger partial charge on any atom is 0.264 e. The largest absolute Gasteiger partial charge is 0.454 e. The van der Waals surface area contributed by atoms with Gasteiger partial charge in [0.15, 0.2) is 11.5 Å². The molecule has 2 heterocycles. The Kier molecular flexibility index (Phi) is 3.97. The first-order valence-corrected chi connectivity index (χ1v) is 8.13. The number of aromatic amines is 1. The van der Waals surface area contributed by atoms with Crippen LogP contribution in [0.4, 0.5) is 0 Å². The van der Waals surface area contributed by atoms with Crippen LogP contribution >= 0.6 is 0 Å². The molecule has 7 heteroatoms. The van der Waals surface area contributed by atoms with Crippen molar-refractivity contribution in [1.82, 2.24) is 15.5 Å². The number of amides is 1. The number of rotatable bonds is 3. The summed E-state index contributed by atoms with van der Waals surface area (Å²) in [5.41, 5.74) is 2.46. The minimum atomic E-state index is -0.214. The van der Waals surface area contributed by atoms with Gasteiger partial charge in [0, 0.05) is 18.2 Å². The molecular weight excluding hydrogens is 322 g/mol. The predicted molar refractivity (Wildman–Crippen MR) is 90.4 cm³/mol. The normalized spacial score (nSPS) is 18.2. The number of benzene rings is 1. The monoisotopic (exact) mass is 339 g/mol. The van der Waals surface area contributed by atoms with Gasteiger partial charge in [0.25, 0.3) is 5.56 Å². The van der Waals surface area contributed by atoms with Crippen molar-refractivity contribution in [2.24, 2.45) is 0 Å². The van der Waals surface area contributed by atoms with E-state index in [-0.39, 0.29) is 24.3 Å². The van der Waals surface area contributed by atoms with Crippen LogP contribution in [0.25, 0.3) is 6.08 Å². The van der Waals surface area contributed by atoms with Crippen molar-refractivity contribution in [1.29, 1.82) is 0 Å². The molecule has 1 aliphatic heterocycles. The first-order valence-electron chi connectivity index (χ1n) is 8.13. The smallest absolute Gasteiger partial charge is 0.264 e. The minimum Gasteiger partial charge on any atom is -0.454 e. The average Bonchev–Trinajstić information content (AvgIpc) is 3.07. The molecule has 0 bridgehead atoms. The molecule has 0 spiro atoms. The summed E-state index contributed by atoms with van der Waals surface area (Å²) in [5, 5.41) is 9.48. The highest BCUT2D eigenvalue weighted by atomic mass is 16.7. The Bertz CT molecular complexity index is 903. The van der Waals surface area contributed by atoms with E-state index in [4.69, 9.17) is 9.47 Å². The lowest BCUT2D eigenvalue weighted by molar-refractivity contribution is -0.117. The molecule has 7 nitrogen and oxygen atoms in total. The maximum atomic E-state index is 12.2. The van der Waals surface area contributed by atoms with E-state index in [2.05, 4.69) is 15.5 Å². The molecule has 0 fully saturated rings. The summed E-state index contributed by atoms with van der Waals surface area (Å²) in [7, 11) is 0.